The Kier molecular flexibility index (Phi) is 26.7. The second-order valence-electron chi connectivity index (χ2n) is 17.1. The normalized spacial score (nSPS) is 19.1. The number of aliphatic imine (C=N–C) groups is 1. The Balaban J connectivity index is 1.52. The topological polar surface area (TPSA) is 167 Å². The molecule has 1 fully saturated rings. The molecule has 0 aliphatic carbocycles. The van der Waals surface area contributed by atoms with Crippen molar-refractivity contribution in [3.8, 4) is 11.5 Å². The number of carbonyl (C=O) groups is 3. The number of unbranched alkanes of at least 4 members (excludes halogenated alkanes) is 18. The van der Waals surface area contributed by atoms with Crippen LogP contribution in [-0.2, 0) is 42.4 Å². The largest absolute Gasteiger partial charge is 0.588 e. The van der Waals surface area contributed by atoms with E-state index in [0.717, 1.165) is 44.9 Å². The molecule has 0 unspecified atom stereocenters. The van der Waals surface area contributed by atoms with Gasteiger partial charge in [0.25, 0.3) is 0 Å². The smallest absolute Gasteiger partial charge is 0.456 e. The summed E-state index contributed by atoms with van der Waals surface area (Å²) in [6.45, 7) is 2.72. The van der Waals surface area contributed by atoms with Gasteiger partial charge in [0.15, 0.2) is 18.0 Å². The van der Waals surface area contributed by atoms with E-state index in [9.17, 15) is 18.9 Å². The molecular weight excluding hydrogens is 946 g/mol. The number of benzene rings is 2. The van der Waals surface area contributed by atoms with Crippen LogP contribution in [0.1, 0.15) is 155 Å². The molecule has 1 N–H and O–H groups in total. The van der Waals surface area contributed by atoms with E-state index in [0.29, 0.717) is 18.7 Å². The van der Waals surface area contributed by atoms with Crippen molar-refractivity contribution in [2.45, 2.75) is 190 Å². The molecule has 2 aliphatic heterocycles. The Bertz CT molecular complexity index is 1750. The van der Waals surface area contributed by atoms with Crippen molar-refractivity contribution in [3.63, 3.8) is 0 Å². The summed E-state index contributed by atoms with van der Waals surface area (Å²) >= 11 is 17.4. The Labute approximate surface area is 412 Å². The molecule has 1 saturated heterocycles. The highest BCUT2D eigenvalue weighted by atomic mass is 35.6. The number of rotatable bonds is 34. The summed E-state index contributed by atoms with van der Waals surface area (Å²) in [7, 11) is -4.74. The third kappa shape index (κ3) is 23.3. The van der Waals surface area contributed by atoms with E-state index >= 15 is 0 Å². The molecule has 2 aromatic carbocycles. The van der Waals surface area contributed by atoms with Gasteiger partial charge in [-0.25, -0.2) is 14.4 Å². The van der Waals surface area contributed by atoms with Crippen LogP contribution in [0.3, 0.4) is 0 Å². The number of phosphoric ester groups is 1. The maximum atomic E-state index is 14.9. The van der Waals surface area contributed by atoms with Crippen LogP contribution in [0.4, 0.5) is 4.79 Å². The Morgan fingerprint density at radius 3 is 1.72 bits per heavy atom. The number of esters is 1. The second-order valence-corrected chi connectivity index (χ2v) is 21.0. The molecule has 0 radical (unpaired) electrons. The van der Waals surface area contributed by atoms with E-state index in [4.69, 9.17) is 77.1 Å². The van der Waals surface area contributed by atoms with E-state index in [2.05, 4.69) is 19.2 Å². The molecular formula is C49H72Cl3N2O12P. The standard InChI is InChI=1S/C49H72Cl3N2O12P/c1-3-5-7-9-11-13-14-16-18-20-28-34-42-54-44-46(63-43(56)35-53-41(55)33-27-19-17-15-12-10-8-6-4-2)45(40(61-47(44)62-42)36-59-48(57)60-37-49(50,51)52)66-67(58,64-38-29-23-21-24-30-38)65-39-31-25-22-26-32-39/h21-26,29-32,40,44-47H,3-20,27-28,33-37H2,1-2H3,(H,53,55)/t40-,44-,45-,46-,47-/m1/s1. The summed E-state index contributed by atoms with van der Waals surface area (Å²) in [6.07, 6.45) is 16.8. The lowest BCUT2D eigenvalue weighted by atomic mass is 9.97. The van der Waals surface area contributed by atoms with Crippen molar-refractivity contribution >= 4 is 66.6 Å². The number of amides is 1. The summed E-state index contributed by atoms with van der Waals surface area (Å²) in [5, 5.41) is 2.66. The fraction of sp³-hybridized carbons (Fsp3) is 0.673. The molecule has 4 rings (SSSR count). The van der Waals surface area contributed by atoms with Crippen molar-refractivity contribution in [1.29, 1.82) is 0 Å². The second kappa shape index (κ2) is 31.8. The molecule has 1 amide bonds. The Morgan fingerprint density at radius 1 is 0.687 bits per heavy atom. The minimum atomic E-state index is -4.74. The van der Waals surface area contributed by atoms with Gasteiger partial charge < -0.3 is 38.0 Å². The zero-order valence-corrected chi connectivity index (χ0v) is 42.4. The van der Waals surface area contributed by atoms with E-state index in [1.807, 2.05) is 0 Å². The Hall–Kier alpha value is -3.26. The molecule has 0 bridgehead atoms. The molecule has 2 aromatic rings. The number of hydrogen-bond donors (Lipinski definition) is 1. The summed E-state index contributed by atoms with van der Waals surface area (Å²) in [6, 6.07) is 15.4. The maximum absolute atomic E-state index is 14.9. The average molecular weight is 1020 g/mol. The van der Waals surface area contributed by atoms with Crippen LogP contribution in [0.15, 0.2) is 65.7 Å². The van der Waals surface area contributed by atoms with Gasteiger partial charge in [0.2, 0.25) is 16.0 Å². The first-order chi connectivity index (χ1) is 32.4. The molecule has 0 spiro atoms. The van der Waals surface area contributed by atoms with Gasteiger partial charge in [-0.15, -0.1) is 0 Å². The monoisotopic (exact) mass is 1020 g/mol. The molecule has 0 aromatic heterocycles. The number of para-hydroxylation sites is 2. The highest BCUT2D eigenvalue weighted by Gasteiger charge is 2.56. The van der Waals surface area contributed by atoms with Crippen molar-refractivity contribution in [1.82, 2.24) is 5.32 Å². The number of nitrogens with zero attached hydrogens (tertiary/aromatic N) is 1. The van der Waals surface area contributed by atoms with E-state index in [1.54, 1.807) is 60.7 Å². The third-order valence-corrected chi connectivity index (χ3v) is 12.9. The van der Waals surface area contributed by atoms with Crippen molar-refractivity contribution in [2.75, 3.05) is 19.8 Å². The Morgan fingerprint density at radius 2 is 1.19 bits per heavy atom. The fourth-order valence-corrected chi connectivity index (χ4v) is 9.33. The molecule has 376 valence electrons. The number of phosphoric acid groups is 1. The number of ether oxygens (including phenoxy) is 5. The van der Waals surface area contributed by atoms with E-state index in [-0.39, 0.29) is 23.8 Å². The number of hydrogen-bond acceptors (Lipinski definition) is 13. The molecule has 5 atom stereocenters. The van der Waals surface area contributed by atoms with Crippen LogP contribution in [0, 0.1) is 0 Å². The quantitative estimate of drug-likeness (QED) is 0.0305. The molecule has 18 heteroatoms. The summed E-state index contributed by atoms with van der Waals surface area (Å²) < 4.78 is 60.2. The van der Waals surface area contributed by atoms with Gasteiger partial charge in [-0.3, -0.25) is 14.1 Å². The average Bonchev–Trinajstić information content (AvgIpc) is 3.72. The first-order valence-corrected chi connectivity index (χ1v) is 27.0. The molecule has 2 aliphatic rings. The SMILES string of the molecule is CCCCCCCCCCCCCC1=N[C@H]2[C@@H](O1)O[C@H](COC(=O)OCC(Cl)(Cl)Cl)[C@@H](OP(=O)(Oc1ccccc1)Oc1ccccc1)[C@@H]2OC(=O)CNC(=O)CCCCCCCCCCC. The first-order valence-electron chi connectivity index (χ1n) is 24.4. The van der Waals surface area contributed by atoms with Crippen molar-refractivity contribution in [3.05, 3.63) is 60.7 Å². The number of fused-ring (bicyclic) bond motifs is 1. The number of alkyl halides is 3. The summed E-state index contributed by atoms with van der Waals surface area (Å²) in [4.78, 5) is 44.2. The molecule has 2 heterocycles. The number of nitrogens with one attached hydrogen (secondary N) is 1. The lowest BCUT2D eigenvalue weighted by molar-refractivity contribution is -0.238. The van der Waals surface area contributed by atoms with E-state index in [1.165, 1.54) is 77.0 Å². The summed E-state index contributed by atoms with van der Waals surface area (Å²) in [5.41, 5.74) is 0. The minimum Gasteiger partial charge on any atom is -0.456 e. The predicted octanol–water partition coefficient (Wildman–Crippen LogP) is 13.3. The van der Waals surface area contributed by atoms with Crippen LogP contribution in [-0.4, -0.2) is 78.1 Å². The predicted molar refractivity (Wildman–Crippen MR) is 261 cm³/mol. The first kappa shape index (κ1) is 56.3. The zero-order valence-electron chi connectivity index (χ0n) is 39.3. The molecule has 14 nitrogen and oxygen atoms in total. The third-order valence-electron chi connectivity index (χ3n) is 11.2. The number of halogens is 3. The highest BCUT2D eigenvalue weighted by Crippen LogP contribution is 2.53. The van der Waals surface area contributed by atoms with Crippen LogP contribution < -0.4 is 14.4 Å². The maximum Gasteiger partial charge on any atom is 0.588 e. The lowest BCUT2D eigenvalue weighted by Crippen LogP contribution is -2.60. The van der Waals surface area contributed by atoms with Crippen LogP contribution in [0.5, 0.6) is 11.5 Å². The van der Waals surface area contributed by atoms with E-state index < -0.39 is 74.1 Å². The number of carbonyl (C=O) groups excluding carboxylic acids is 3. The van der Waals surface area contributed by atoms with Gasteiger partial charge in [-0.2, -0.15) is 0 Å². The summed E-state index contributed by atoms with van der Waals surface area (Å²) in [5.74, 6) is -0.491. The zero-order chi connectivity index (χ0) is 48.2. The van der Waals surface area contributed by atoms with Crippen molar-refractivity contribution < 1.29 is 56.2 Å². The van der Waals surface area contributed by atoms with Crippen molar-refractivity contribution in [2.24, 2.45) is 4.99 Å². The van der Waals surface area contributed by atoms with Crippen LogP contribution in [0.25, 0.3) is 0 Å². The molecule has 0 saturated carbocycles. The van der Waals surface area contributed by atoms with Gasteiger partial charge in [0.1, 0.15) is 43.5 Å². The van der Waals surface area contributed by atoms with Gasteiger partial charge in [-0.1, -0.05) is 201 Å². The van der Waals surface area contributed by atoms with Crippen LogP contribution >= 0.6 is 42.6 Å². The van der Waals surface area contributed by atoms with Gasteiger partial charge in [0.05, 0.1) is 0 Å². The van der Waals surface area contributed by atoms with Crippen LogP contribution in [0.2, 0.25) is 0 Å². The highest BCUT2D eigenvalue weighted by molar-refractivity contribution is 7.49. The lowest BCUT2D eigenvalue weighted by Gasteiger charge is -2.41. The fourth-order valence-electron chi connectivity index (χ4n) is 7.73. The van der Waals surface area contributed by atoms with Gasteiger partial charge >= 0.3 is 19.9 Å². The minimum absolute atomic E-state index is 0.138. The van der Waals surface area contributed by atoms with Gasteiger partial charge in [0, 0.05) is 12.8 Å². The molecule has 67 heavy (non-hydrogen) atoms. The van der Waals surface area contributed by atoms with Gasteiger partial charge in [-0.05, 0) is 37.1 Å².